The standard InChI is InChI=1S/C16H18O4/c17-14-7-3-4-8-16(14,15(18)19)10-12-9-11-5-1-2-6-13(11)20-12/h1-2,5-6,12H,3-4,7-10H2,(H,18,19). The van der Waals surface area contributed by atoms with Crippen LogP contribution in [0.2, 0.25) is 0 Å². The first-order chi connectivity index (χ1) is 9.62. The number of Topliss-reactive ketones (excluding diaryl/α,β-unsaturated/α-hetero) is 1. The average Bonchev–Trinajstić information content (AvgIpc) is 2.83. The highest BCUT2D eigenvalue weighted by Crippen LogP contribution is 2.41. The summed E-state index contributed by atoms with van der Waals surface area (Å²) in [4.78, 5) is 23.9. The number of hydrogen-bond donors (Lipinski definition) is 1. The molecule has 3 rings (SSSR count). The van der Waals surface area contributed by atoms with Gasteiger partial charge >= 0.3 is 5.97 Å². The second-order valence-electron chi connectivity index (χ2n) is 5.77. The van der Waals surface area contributed by atoms with Gasteiger partial charge in [0.1, 0.15) is 23.1 Å². The van der Waals surface area contributed by atoms with E-state index in [1.54, 1.807) is 0 Å². The van der Waals surface area contributed by atoms with Crippen molar-refractivity contribution in [3.8, 4) is 5.75 Å². The lowest BCUT2D eigenvalue weighted by atomic mass is 9.69. The lowest BCUT2D eigenvalue weighted by molar-refractivity contribution is -0.159. The number of carbonyl (C=O) groups is 2. The van der Waals surface area contributed by atoms with Crippen LogP contribution in [0.5, 0.6) is 5.75 Å². The van der Waals surface area contributed by atoms with Crippen LogP contribution in [0.15, 0.2) is 24.3 Å². The summed E-state index contributed by atoms with van der Waals surface area (Å²) in [6.07, 6.45) is 3.21. The van der Waals surface area contributed by atoms with Crippen LogP contribution >= 0.6 is 0 Å². The van der Waals surface area contributed by atoms with E-state index in [9.17, 15) is 14.7 Å². The number of benzene rings is 1. The van der Waals surface area contributed by atoms with Crippen molar-refractivity contribution >= 4 is 11.8 Å². The van der Waals surface area contributed by atoms with E-state index in [2.05, 4.69) is 0 Å². The van der Waals surface area contributed by atoms with Crippen LogP contribution in [0.1, 0.15) is 37.7 Å². The third-order valence-electron chi connectivity index (χ3n) is 4.49. The Morgan fingerprint density at radius 2 is 2.15 bits per heavy atom. The fraction of sp³-hybridized carbons (Fsp3) is 0.500. The topological polar surface area (TPSA) is 63.6 Å². The van der Waals surface area contributed by atoms with E-state index in [4.69, 9.17) is 4.74 Å². The summed E-state index contributed by atoms with van der Waals surface area (Å²) >= 11 is 0. The van der Waals surface area contributed by atoms with Gasteiger partial charge in [-0.3, -0.25) is 9.59 Å². The predicted molar refractivity (Wildman–Crippen MR) is 72.7 cm³/mol. The van der Waals surface area contributed by atoms with E-state index in [-0.39, 0.29) is 18.3 Å². The van der Waals surface area contributed by atoms with Crippen LogP contribution in [-0.4, -0.2) is 23.0 Å². The Labute approximate surface area is 117 Å². The average molecular weight is 274 g/mol. The molecule has 106 valence electrons. The summed E-state index contributed by atoms with van der Waals surface area (Å²) in [5.74, 6) is -0.293. The molecule has 1 fully saturated rings. The predicted octanol–water partition coefficient (Wildman–Crippen LogP) is 2.59. The molecule has 1 N–H and O–H groups in total. The monoisotopic (exact) mass is 274 g/mol. The minimum atomic E-state index is -1.23. The summed E-state index contributed by atoms with van der Waals surface area (Å²) < 4.78 is 5.82. The zero-order valence-electron chi connectivity index (χ0n) is 11.3. The molecule has 0 radical (unpaired) electrons. The minimum Gasteiger partial charge on any atom is -0.490 e. The first-order valence-corrected chi connectivity index (χ1v) is 7.13. The van der Waals surface area contributed by atoms with E-state index >= 15 is 0 Å². The van der Waals surface area contributed by atoms with E-state index < -0.39 is 11.4 Å². The maximum absolute atomic E-state index is 12.2. The molecule has 20 heavy (non-hydrogen) atoms. The Bertz CT molecular complexity index is 526. The fourth-order valence-electron chi connectivity index (χ4n) is 3.38. The normalized spacial score (nSPS) is 28.8. The number of carboxylic acid groups (broad SMARTS) is 1. The van der Waals surface area contributed by atoms with E-state index in [0.717, 1.165) is 24.2 Å². The number of ketones is 1. The molecule has 1 aromatic carbocycles. The highest BCUT2D eigenvalue weighted by atomic mass is 16.5. The van der Waals surface area contributed by atoms with Gasteiger partial charge in [-0.15, -0.1) is 0 Å². The molecule has 0 bridgehead atoms. The van der Waals surface area contributed by atoms with Gasteiger partial charge in [0.25, 0.3) is 0 Å². The number of rotatable bonds is 3. The van der Waals surface area contributed by atoms with Crippen molar-refractivity contribution in [2.75, 3.05) is 0 Å². The second kappa shape index (κ2) is 4.93. The van der Waals surface area contributed by atoms with Crippen molar-refractivity contribution in [3.05, 3.63) is 29.8 Å². The molecule has 1 heterocycles. The van der Waals surface area contributed by atoms with Crippen LogP contribution in [0.4, 0.5) is 0 Å². The highest BCUT2D eigenvalue weighted by Gasteiger charge is 2.49. The van der Waals surface area contributed by atoms with Gasteiger partial charge in [0, 0.05) is 19.3 Å². The van der Waals surface area contributed by atoms with E-state index in [1.165, 1.54) is 0 Å². The van der Waals surface area contributed by atoms with Gasteiger partial charge in [0.2, 0.25) is 0 Å². The molecule has 1 aromatic rings. The summed E-state index contributed by atoms with van der Waals surface area (Å²) in [5.41, 5.74) is -0.133. The number of hydrogen-bond acceptors (Lipinski definition) is 3. The molecule has 2 unspecified atom stereocenters. The van der Waals surface area contributed by atoms with Gasteiger partial charge in [-0.2, -0.15) is 0 Å². The van der Waals surface area contributed by atoms with Gasteiger partial charge in [-0.25, -0.2) is 0 Å². The summed E-state index contributed by atoms with van der Waals surface area (Å²) in [7, 11) is 0. The molecule has 0 amide bonds. The van der Waals surface area contributed by atoms with Crippen molar-refractivity contribution in [3.63, 3.8) is 0 Å². The molecule has 4 heteroatoms. The van der Waals surface area contributed by atoms with Crippen molar-refractivity contribution in [1.82, 2.24) is 0 Å². The van der Waals surface area contributed by atoms with Crippen molar-refractivity contribution < 1.29 is 19.4 Å². The summed E-state index contributed by atoms with van der Waals surface area (Å²) in [6.45, 7) is 0. The number of ether oxygens (including phenoxy) is 1. The maximum atomic E-state index is 12.2. The van der Waals surface area contributed by atoms with Crippen LogP contribution in [0.25, 0.3) is 0 Å². The fourth-order valence-corrected chi connectivity index (χ4v) is 3.38. The van der Waals surface area contributed by atoms with Crippen LogP contribution in [-0.2, 0) is 16.0 Å². The van der Waals surface area contributed by atoms with Crippen LogP contribution in [0, 0.1) is 5.41 Å². The zero-order chi connectivity index (χ0) is 14.2. The molecule has 2 aliphatic rings. The lowest BCUT2D eigenvalue weighted by Gasteiger charge is -2.33. The van der Waals surface area contributed by atoms with Gasteiger partial charge in [-0.05, 0) is 24.5 Å². The van der Waals surface area contributed by atoms with E-state index in [0.29, 0.717) is 19.3 Å². The first-order valence-electron chi connectivity index (χ1n) is 7.13. The SMILES string of the molecule is O=C(O)C1(CC2Cc3ccccc3O2)CCCCC1=O. The van der Waals surface area contributed by atoms with E-state index in [1.807, 2.05) is 24.3 Å². The Morgan fingerprint density at radius 1 is 1.35 bits per heavy atom. The summed E-state index contributed by atoms with van der Waals surface area (Å²) in [5, 5.41) is 9.56. The first kappa shape index (κ1) is 13.2. The Kier molecular flexibility index (Phi) is 3.24. The highest BCUT2D eigenvalue weighted by molar-refractivity contribution is 6.03. The van der Waals surface area contributed by atoms with Gasteiger partial charge in [-0.1, -0.05) is 24.6 Å². The Balaban J connectivity index is 1.79. The Hall–Kier alpha value is -1.84. The number of carboxylic acids is 1. The molecule has 0 spiro atoms. The number of carbonyl (C=O) groups excluding carboxylic acids is 1. The molecule has 4 nitrogen and oxygen atoms in total. The number of fused-ring (bicyclic) bond motifs is 1. The molecule has 1 saturated carbocycles. The quantitative estimate of drug-likeness (QED) is 0.860. The molecule has 0 saturated heterocycles. The molecular formula is C16H18O4. The van der Waals surface area contributed by atoms with Gasteiger partial charge < -0.3 is 9.84 Å². The lowest BCUT2D eigenvalue weighted by Crippen LogP contribution is -2.44. The molecular weight excluding hydrogens is 256 g/mol. The largest absolute Gasteiger partial charge is 0.490 e. The molecule has 1 aliphatic carbocycles. The van der Waals surface area contributed by atoms with Gasteiger partial charge in [0.05, 0.1) is 0 Å². The zero-order valence-corrected chi connectivity index (χ0v) is 11.3. The minimum absolute atomic E-state index is 0.129. The van der Waals surface area contributed by atoms with Crippen LogP contribution in [0.3, 0.4) is 0 Å². The smallest absolute Gasteiger partial charge is 0.317 e. The Morgan fingerprint density at radius 3 is 2.85 bits per heavy atom. The molecule has 0 aromatic heterocycles. The van der Waals surface area contributed by atoms with Crippen molar-refractivity contribution in [2.24, 2.45) is 5.41 Å². The number of para-hydroxylation sites is 1. The molecule has 2 atom stereocenters. The van der Waals surface area contributed by atoms with Crippen LogP contribution < -0.4 is 4.74 Å². The van der Waals surface area contributed by atoms with Gasteiger partial charge in [0.15, 0.2) is 0 Å². The maximum Gasteiger partial charge on any atom is 0.317 e. The third-order valence-corrected chi connectivity index (χ3v) is 4.49. The number of aliphatic carboxylic acids is 1. The summed E-state index contributed by atoms with van der Waals surface area (Å²) in [6, 6.07) is 7.74. The third kappa shape index (κ3) is 2.09. The van der Waals surface area contributed by atoms with Crippen molar-refractivity contribution in [2.45, 2.75) is 44.6 Å². The molecule has 1 aliphatic heterocycles. The second-order valence-corrected chi connectivity index (χ2v) is 5.77. The van der Waals surface area contributed by atoms with Crippen molar-refractivity contribution in [1.29, 1.82) is 0 Å².